The molecule has 3 aromatic rings. The number of likely N-dealkylation sites (N-methyl/N-ethyl adjacent to an activating group) is 1. The number of halogens is 2. The highest BCUT2D eigenvalue weighted by Crippen LogP contribution is 2.42. The Bertz CT molecular complexity index is 1120. The van der Waals surface area contributed by atoms with Gasteiger partial charge in [-0.15, -0.1) is 0 Å². The van der Waals surface area contributed by atoms with Gasteiger partial charge in [0.05, 0.1) is 17.7 Å². The van der Waals surface area contributed by atoms with E-state index in [1.54, 1.807) is 18.0 Å². The maximum absolute atomic E-state index is 13.3. The fraction of sp³-hybridized carbons (Fsp3) is 0.200. The molecule has 31 heavy (non-hydrogen) atoms. The van der Waals surface area contributed by atoms with Crippen molar-refractivity contribution in [1.29, 1.82) is 5.26 Å². The fourth-order valence-electron chi connectivity index (χ4n) is 3.99. The minimum absolute atomic E-state index is 0.127. The molecule has 0 radical (unpaired) electrons. The van der Waals surface area contributed by atoms with Crippen molar-refractivity contribution in [1.82, 2.24) is 4.90 Å². The van der Waals surface area contributed by atoms with Crippen LogP contribution in [0.4, 0.5) is 0 Å². The Balaban J connectivity index is 1.72. The topological polar surface area (TPSA) is 53.3 Å². The van der Waals surface area contributed by atoms with Crippen LogP contribution in [0.15, 0.2) is 72.8 Å². The number of rotatable bonds is 4. The number of nitriles is 1. The van der Waals surface area contributed by atoms with Crippen molar-refractivity contribution in [2.45, 2.75) is 24.7 Å². The van der Waals surface area contributed by atoms with Gasteiger partial charge in [-0.25, -0.2) is 0 Å². The lowest BCUT2D eigenvalue weighted by atomic mass is 9.91. The van der Waals surface area contributed by atoms with E-state index in [1.165, 1.54) is 0 Å². The molecule has 1 aliphatic rings. The maximum Gasteiger partial charge on any atom is 0.252 e. The first kappa shape index (κ1) is 21.4. The van der Waals surface area contributed by atoms with Gasteiger partial charge < -0.3 is 9.64 Å². The highest BCUT2D eigenvalue weighted by Gasteiger charge is 2.42. The lowest BCUT2D eigenvalue weighted by Crippen LogP contribution is -2.49. The quantitative estimate of drug-likeness (QED) is 0.508. The molecule has 0 aliphatic carbocycles. The molecule has 156 valence electrons. The first-order valence-corrected chi connectivity index (χ1v) is 10.6. The second kappa shape index (κ2) is 9.11. The van der Waals surface area contributed by atoms with Gasteiger partial charge >= 0.3 is 0 Å². The zero-order valence-corrected chi connectivity index (χ0v) is 18.3. The van der Waals surface area contributed by atoms with Crippen LogP contribution in [0.3, 0.4) is 0 Å². The summed E-state index contributed by atoms with van der Waals surface area (Å²) in [6.07, 6.45) is -0.784. The maximum atomic E-state index is 13.3. The minimum atomic E-state index is -0.705. The van der Waals surface area contributed by atoms with Crippen LogP contribution in [0.2, 0.25) is 10.0 Å². The summed E-state index contributed by atoms with van der Waals surface area (Å²) < 4.78 is 6.42. The fourth-order valence-corrected chi connectivity index (χ4v) is 4.24. The minimum Gasteiger partial charge on any atom is -0.358 e. The number of benzene rings is 3. The van der Waals surface area contributed by atoms with E-state index in [1.807, 2.05) is 66.7 Å². The van der Waals surface area contributed by atoms with E-state index in [2.05, 4.69) is 6.07 Å². The molecule has 6 heteroatoms. The highest BCUT2D eigenvalue weighted by atomic mass is 35.5. The Morgan fingerprint density at radius 2 is 1.52 bits per heavy atom. The predicted octanol–water partition coefficient (Wildman–Crippen LogP) is 5.75. The van der Waals surface area contributed by atoms with E-state index in [9.17, 15) is 10.1 Å². The van der Waals surface area contributed by atoms with Crippen molar-refractivity contribution < 1.29 is 9.53 Å². The number of carbonyl (C=O) groups is 1. The van der Waals surface area contributed by atoms with Crippen LogP contribution < -0.4 is 0 Å². The summed E-state index contributed by atoms with van der Waals surface area (Å²) in [5.41, 5.74) is 3.18. The molecule has 1 saturated heterocycles. The average Bonchev–Trinajstić information content (AvgIpc) is 2.78. The van der Waals surface area contributed by atoms with Gasteiger partial charge in [0, 0.05) is 23.5 Å². The Labute approximate surface area is 191 Å². The molecule has 4 nitrogen and oxygen atoms in total. The summed E-state index contributed by atoms with van der Waals surface area (Å²) in [5.74, 6) is -0.127. The average molecular weight is 451 g/mol. The first-order valence-electron chi connectivity index (χ1n) is 9.89. The molecule has 0 unspecified atom stereocenters. The van der Waals surface area contributed by atoms with E-state index in [-0.39, 0.29) is 11.9 Å². The number of ether oxygens (including phenoxy) is 1. The number of amides is 1. The van der Waals surface area contributed by atoms with Crippen LogP contribution >= 0.6 is 23.2 Å². The van der Waals surface area contributed by atoms with Crippen LogP contribution in [0.25, 0.3) is 0 Å². The summed E-state index contributed by atoms with van der Waals surface area (Å²) in [5, 5.41) is 10.7. The molecule has 0 N–H and O–H groups in total. The zero-order valence-electron chi connectivity index (χ0n) is 16.8. The van der Waals surface area contributed by atoms with Crippen LogP contribution in [-0.2, 0) is 16.0 Å². The molecule has 1 heterocycles. The van der Waals surface area contributed by atoms with Gasteiger partial charge in [-0.2, -0.15) is 5.26 Å². The number of nitrogens with zero attached hydrogens (tertiary/aromatic N) is 2. The Morgan fingerprint density at radius 1 is 0.935 bits per heavy atom. The number of hydrogen-bond acceptors (Lipinski definition) is 3. The Morgan fingerprint density at radius 3 is 2.13 bits per heavy atom. The third kappa shape index (κ3) is 4.45. The molecular formula is C25H20Cl2N2O2. The van der Waals surface area contributed by atoms with Crippen molar-refractivity contribution in [2.24, 2.45) is 0 Å². The molecule has 0 saturated carbocycles. The van der Waals surface area contributed by atoms with Crippen molar-refractivity contribution in [3.8, 4) is 6.07 Å². The standard InChI is InChI=1S/C25H20Cl2N2O2/c1-29-23(16-6-10-20(26)11-7-16)24(17-8-12-21(27)13-9-17)31-22(25(29)30)14-18-4-2-3-5-19(18)15-28/h2-13,22-24H,14H2,1H3/t22-,23+,24-/m1/s1. The second-order valence-corrected chi connectivity index (χ2v) is 8.39. The van der Waals surface area contributed by atoms with Crippen molar-refractivity contribution in [3.63, 3.8) is 0 Å². The van der Waals surface area contributed by atoms with E-state index >= 15 is 0 Å². The number of carbonyl (C=O) groups excluding carboxylic acids is 1. The second-order valence-electron chi connectivity index (χ2n) is 7.52. The molecule has 3 atom stereocenters. The molecule has 0 bridgehead atoms. The Hall–Kier alpha value is -2.84. The van der Waals surface area contributed by atoms with Gasteiger partial charge in [0.15, 0.2) is 0 Å². The summed E-state index contributed by atoms with van der Waals surface area (Å²) in [7, 11) is 1.79. The van der Waals surface area contributed by atoms with E-state index in [4.69, 9.17) is 27.9 Å². The van der Waals surface area contributed by atoms with Gasteiger partial charge in [0.2, 0.25) is 0 Å². The van der Waals surface area contributed by atoms with Crippen LogP contribution in [0.1, 0.15) is 34.4 Å². The third-order valence-corrected chi connectivity index (χ3v) is 6.10. The van der Waals surface area contributed by atoms with Crippen molar-refractivity contribution in [2.75, 3.05) is 7.05 Å². The molecule has 1 fully saturated rings. The van der Waals surface area contributed by atoms with Crippen LogP contribution in [0, 0.1) is 11.3 Å². The lowest BCUT2D eigenvalue weighted by Gasteiger charge is -2.43. The molecular weight excluding hydrogens is 431 g/mol. The zero-order chi connectivity index (χ0) is 22.0. The van der Waals surface area contributed by atoms with Gasteiger partial charge in [0.25, 0.3) is 5.91 Å². The van der Waals surface area contributed by atoms with Crippen LogP contribution in [-0.4, -0.2) is 24.0 Å². The number of morpholine rings is 1. The third-order valence-electron chi connectivity index (χ3n) is 5.59. The molecule has 0 aromatic heterocycles. The lowest BCUT2D eigenvalue weighted by molar-refractivity contribution is -0.171. The van der Waals surface area contributed by atoms with E-state index in [0.29, 0.717) is 22.0 Å². The predicted molar refractivity (Wildman–Crippen MR) is 121 cm³/mol. The first-order chi connectivity index (χ1) is 15.0. The van der Waals surface area contributed by atoms with E-state index < -0.39 is 12.2 Å². The molecule has 1 amide bonds. The summed E-state index contributed by atoms with van der Waals surface area (Å²) in [6, 6.07) is 24.1. The van der Waals surface area contributed by atoms with Crippen molar-refractivity contribution in [3.05, 3.63) is 105 Å². The largest absolute Gasteiger partial charge is 0.358 e. The van der Waals surface area contributed by atoms with Crippen LogP contribution in [0.5, 0.6) is 0 Å². The molecule has 1 aliphatic heterocycles. The Kier molecular flexibility index (Phi) is 6.29. The van der Waals surface area contributed by atoms with Gasteiger partial charge in [-0.1, -0.05) is 65.7 Å². The van der Waals surface area contributed by atoms with Crippen molar-refractivity contribution >= 4 is 29.1 Å². The molecule has 4 rings (SSSR count). The molecule has 0 spiro atoms. The normalized spacial score (nSPS) is 21.0. The van der Waals surface area contributed by atoms with Gasteiger partial charge in [-0.3, -0.25) is 4.79 Å². The van der Waals surface area contributed by atoms with E-state index in [0.717, 1.165) is 16.7 Å². The van der Waals surface area contributed by atoms with Gasteiger partial charge in [0.1, 0.15) is 12.2 Å². The number of hydrogen-bond donors (Lipinski definition) is 0. The summed E-state index contributed by atoms with van der Waals surface area (Å²) in [4.78, 5) is 15.0. The SMILES string of the molecule is CN1C(=O)[C@@H](Cc2ccccc2C#N)O[C@H](c2ccc(Cl)cc2)[C@@H]1c1ccc(Cl)cc1. The monoisotopic (exact) mass is 450 g/mol. The summed E-state index contributed by atoms with van der Waals surface area (Å²) in [6.45, 7) is 0. The summed E-state index contributed by atoms with van der Waals surface area (Å²) >= 11 is 12.2. The molecule has 3 aromatic carbocycles. The smallest absolute Gasteiger partial charge is 0.252 e. The van der Waals surface area contributed by atoms with Gasteiger partial charge in [-0.05, 0) is 47.0 Å². The highest BCUT2D eigenvalue weighted by molar-refractivity contribution is 6.30.